The second-order valence-electron chi connectivity index (χ2n) is 8.78. The number of anilines is 2. The van der Waals surface area contributed by atoms with Crippen molar-refractivity contribution < 1.29 is 4.74 Å². The van der Waals surface area contributed by atoms with Gasteiger partial charge in [0.15, 0.2) is 0 Å². The highest BCUT2D eigenvalue weighted by atomic mass is 16.5. The second-order valence-corrected chi connectivity index (χ2v) is 8.78. The van der Waals surface area contributed by atoms with Crippen LogP contribution >= 0.6 is 0 Å². The van der Waals surface area contributed by atoms with E-state index in [-0.39, 0.29) is 12.1 Å². The van der Waals surface area contributed by atoms with Crippen LogP contribution in [0.3, 0.4) is 0 Å². The van der Waals surface area contributed by atoms with Crippen LogP contribution in [0.1, 0.15) is 34.4 Å². The fourth-order valence-electron chi connectivity index (χ4n) is 4.71. The Bertz CT molecular complexity index is 1350. The number of ether oxygens (including phenoxy) is 1. The molecule has 0 bridgehead atoms. The summed E-state index contributed by atoms with van der Waals surface area (Å²) in [5.41, 5.74) is 7.85. The van der Waals surface area contributed by atoms with Crippen LogP contribution in [-0.4, -0.2) is 28.9 Å². The molecule has 6 rings (SSSR count). The fraction of sp³-hybridized carbons (Fsp3) is 0.185. The van der Waals surface area contributed by atoms with Crippen LogP contribution < -0.4 is 15.0 Å². The molecule has 2 aliphatic rings. The van der Waals surface area contributed by atoms with Crippen LogP contribution in [-0.2, 0) is 0 Å². The lowest BCUT2D eigenvalue weighted by Gasteiger charge is -2.39. The second kappa shape index (κ2) is 7.52. The Morgan fingerprint density at radius 2 is 1.64 bits per heavy atom. The van der Waals surface area contributed by atoms with Crippen molar-refractivity contribution in [1.29, 1.82) is 0 Å². The number of fused-ring (bicyclic) bond motifs is 3. The lowest BCUT2D eigenvalue weighted by molar-refractivity contribution is 0.223. The molecule has 3 heterocycles. The molecule has 0 fully saturated rings. The first-order chi connectivity index (χ1) is 16.1. The third kappa shape index (κ3) is 3.18. The average molecular weight is 436 g/mol. The van der Waals surface area contributed by atoms with Crippen molar-refractivity contribution in [2.45, 2.75) is 19.1 Å². The van der Waals surface area contributed by atoms with Gasteiger partial charge in [-0.25, -0.2) is 4.68 Å². The summed E-state index contributed by atoms with van der Waals surface area (Å²) in [5, 5.41) is 8.15. The zero-order valence-electron chi connectivity index (χ0n) is 18.9. The SMILES string of the molecule is Cc1ccc([C@@H]2C3=C(Nc4ncnn42)c2ccccc2O[C@@H]3c2ccc(N(C)C)cc2)cc1. The highest BCUT2D eigenvalue weighted by Crippen LogP contribution is 2.50. The summed E-state index contributed by atoms with van der Waals surface area (Å²) >= 11 is 0. The van der Waals surface area contributed by atoms with E-state index < -0.39 is 0 Å². The van der Waals surface area contributed by atoms with Gasteiger partial charge in [-0.05, 0) is 42.3 Å². The largest absolute Gasteiger partial charge is 0.480 e. The first-order valence-electron chi connectivity index (χ1n) is 11.1. The van der Waals surface area contributed by atoms with Gasteiger partial charge in [0.05, 0.1) is 5.70 Å². The molecule has 0 radical (unpaired) electrons. The van der Waals surface area contributed by atoms with Gasteiger partial charge in [0.25, 0.3) is 0 Å². The molecule has 0 spiro atoms. The number of benzene rings is 3. The van der Waals surface area contributed by atoms with Gasteiger partial charge in [-0.1, -0.05) is 54.1 Å². The summed E-state index contributed by atoms with van der Waals surface area (Å²) in [7, 11) is 4.10. The van der Waals surface area contributed by atoms with E-state index in [9.17, 15) is 0 Å². The van der Waals surface area contributed by atoms with E-state index in [4.69, 9.17) is 4.74 Å². The molecular weight excluding hydrogens is 410 g/mol. The molecule has 33 heavy (non-hydrogen) atoms. The van der Waals surface area contributed by atoms with E-state index >= 15 is 0 Å². The topological polar surface area (TPSA) is 55.2 Å². The van der Waals surface area contributed by atoms with E-state index in [2.05, 4.69) is 81.8 Å². The van der Waals surface area contributed by atoms with Gasteiger partial charge >= 0.3 is 0 Å². The molecule has 0 aliphatic carbocycles. The Morgan fingerprint density at radius 3 is 2.39 bits per heavy atom. The maximum Gasteiger partial charge on any atom is 0.226 e. The van der Waals surface area contributed by atoms with Crippen molar-refractivity contribution in [1.82, 2.24) is 14.8 Å². The van der Waals surface area contributed by atoms with Gasteiger partial charge in [0.2, 0.25) is 5.95 Å². The smallest absolute Gasteiger partial charge is 0.226 e. The monoisotopic (exact) mass is 435 g/mol. The number of aryl methyl sites for hydroxylation is 1. The summed E-state index contributed by atoms with van der Waals surface area (Å²) in [6.07, 6.45) is 1.34. The van der Waals surface area contributed by atoms with Crippen LogP contribution in [0.25, 0.3) is 5.70 Å². The van der Waals surface area contributed by atoms with Crippen molar-refractivity contribution in [2.75, 3.05) is 24.3 Å². The average Bonchev–Trinajstić information content (AvgIpc) is 3.31. The molecule has 0 saturated carbocycles. The van der Waals surface area contributed by atoms with Gasteiger partial charge < -0.3 is 15.0 Å². The Balaban J connectivity index is 1.58. The Hall–Kier alpha value is -4.06. The number of hydrogen-bond donors (Lipinski definition) is 1. The molecule has 2 aliphatic heterocycles. The molecule has 0 amide bonds. The molecule has 164 valence electrons. The number of aromatic nitrogens is 3. The standard InChI is InChI=1S/C27H25N5O/c1-17-8-10-18(11-9-17)25-23-24(30-27-28-16-29-32(25)27)21-6-4-5-7-22(21)33-26(23)19-12-14-20(15-13-19)31(2)3/h4-16,25-26H,1-3H3,(H,28,29,30)/t25-,26-/m1/s1. The third-order valence-corrected chi connectivity index (χ3v) is 6.43. The Labute approximate surface area is 193 Å². The number of para-hydroxylation sites is 1. The van der Waals surface area contributed by atoms with Gasteiger partial charge in [0.1, 0.15) is 24.2 Å². The first kappa shape index (κ1) is 19.6. The number of hydrogen-bond acceptors (Lipinski definition) is 5. The molecule has 6 heteroatoms. The minimum absolute atomic E-state index is 0.133. The van der Waals surface area contributed by atoms with Gasteiger partial charge in [-0.15, -0.1) is 0 Å². The van der Waals surface area contributed by atoms with Crippen LogP contribution in [0, 0.1) is 6.92 Å². The molecule has 2 atom stereocenters. The molecule has 1 aromatic heterocycles. The van der Waals surface area contributed by atoms with E-state index in [0.717, 1.165) is 45.3 Å². The van der Waals surface area contributed by atoms with Crippen LogP contribution in [0.4, 0.5) is 11.6 Å². The van der Waals surface area contributed by atoms with Crippen molar-refractivity contribution in [3.63, 3.8) is 0 Å². The van der Waals surface area contributed by atoms with E-state index in [1.807, 2.05) is 37.0 Å². The third-order valence-electron chi connectivity index (χ3n) is 6.43. The van der Waals surface area contributed by atoms with Crippen molar-refractivity contribution in [2.24, 2.45) is 0 Å². The Morgan fingerprint density at radius 1 is 0.909 bits per heavy atom. The summed E-state index contributed by atoms with van der Waals surface area (Å²) in [4.78, 5) is 6.60. The van der Waals surface area contributed by atoms with E-state index in [0.29, 0.717) is 0 Å². The molecule has 0 saturated heterocycles. The normalized spacial score (nSPS) is 18.5. The fourth-order valence-corrected chi connectivity index (χ4v) is 4.71. The number of rotatable bonds is 3. The summed E-state index contributed by atoms with van der Waals surface area (Å²) in [6.45, 7) is 2.10. The number of nitrogens with one attached hydrogen (secondary N) is 1. The minimum atomic E-state index is -0.262. The van der Waals surface area contributed by atoms with Crippen molar-refractivity contribution in [3.8, 4) is 5.75 Å². The maximum absolute atomic E-state index is 6.68. The maximum atomic E-state index is 6.68. The van der Waals surface area contributed by atoms with Crippen LogP contribution in [0.2, 0.25) is 0 Å². The van der Waals surface area contributed by atoms with Crippen LogP contribution in [0.15, 0.2) is 84.7 Å². The molecule has 4 aromatic rings. The molecule has 3 aromatic carbocycles. The summed E-state index contributed by atoms with van der Waals surface area (Å²) in [6, 6.07) is 25.3. The quantitative estimate of drug-likeness (QED) is 0.479. The van der Waals surface area contributed by atoms with Crippen molar-refractivity contribution >= 4 is 17.3 Å². The highest BCUT2D eigenvalue weighted by molar-refractivity contribution is 5.85. The van der Waals surface area contributed by atoms with E-state index in [1.54, 1.807) is 6.33 Å². The molecular formula is C27H25N5O. The molecule has 0 unspecified atom stereocenters. The van der Waals surface area contributed by atoms with Crippen LogP contribution in [0.5, 0.6) is 5.75 Å². The summed E-state index contributed by atoms with van der Waals surface area (Å²) < 4.78 is 8.64. The molecule has 1 N–H and O–H groups in total. The zero-order valence-corrected chi connectivity index (χ0v) is 18.9. The zero-order chi connectivity index (χ0) is 22.5. The minimum Gasteiger partial charge on any atom is -0.480 e. The van der Waals surface area contributed by atoms with E-state index in [1.165, 1.54) is 5.56 Å². The van der Waals surface area contributed by atoms with Gasteiger partial charge in [-0.2, -0.15) is 10.1 Å². The summed E-state index contributed by atoms with van der Waals surface area (Å²) in [5.74, 6) is 1.60. The predicted molar refractivity (Wildman–Crippen MR) is 130 cm³/mol. The highest BCUT2D eigenvalue weighted by Gasteiger charge is 2.40. The van der Waals surface area contributed by atoms with Gasteiger partial charge in [-0.3, -0.25) is 0 Å². The molecule has 6 nitrogen and oxygen atoms in total. The lowest BCUT2D eigenvalue weighted by Crippen LogP contribution is -2.32. The van der Waals surface area contributed by atoms with Gasteiger partial charge in [0, 0.05) is 30.9 Å². The Kier molecular flexibility index (Phi) is 4.47. The first-order valence-corrected chi connectivity index (χ1v) is 11.1. The van der Waals surface area contributed by atoms with Crippen molar-refractivity contribution in [3.05, 3.63) is 107 Å². The number of nitrogens with zero attached hydrogens (tertiary/aromatic N) is 4. The lowest BCUT2D eigenvalue weighted by atomic mass is 9.84. The predicted octanol–water partition coefficient (Wildman–Crippen LogP) is 5.21.